The van der Waals surface area contributed by atoms with Crippen molar-refractivity contribution >= 4 is 34.5 Å². The molecule has 2 aromatic carbocycles. The van der Waals surface area contributed by atoms with E-state index in [1.54, 1.807) is 12.1 Å². The summed E-state index contributed by atoms with van der Waals surface area (Å²) in [7, 11) is 0. The molecule has 3 heterocycles. The zero-order chi connectivity index (χ0) is 21.0. The quantitative estimate of drug-likeness (QED) is 0.499. The number of nitrogens with zero attached hydrogens (tertiary/aromatic N) is 4. The summed E-state index contributed by atoms with van der Waals surface area (Å²) in [4.78, 5) is 46.6. The highest BCUT2D eigenvalue weighted by Crippen LogP contribution is 2.35. The van der Waals surface area contributed by atoms with Crippen molar-refractivity contribution in [1.29, 1.82) is 0 Å². The number of piperazine rings is 1. The van der Waals surface area contributed by atoms with Crippen LogP contribution in [-0.4, -0.2) is 56.8 Å². The van der Waals surface area contributed by atoms with Crippen molar-refractivity contribution in [2.24, 2.45) is 5.73 Å². The highest BCUT2D eigenvalue weighted by Gasteiger charge is 2.46. The van der Waals surface area contributed by atoms with E-state index in [0.29, 0.717) is 35.7 Å². The number of rotatable bonds is 4. The molecule has 3 aromatic rings. The number of para-hydroxylation sites is 1. The largest absolute Gasteiger partial charge is 0.366 e. The first-order valence-electron chi connectivity index (χ1n) is 9.53. The molecular weight excluding hydrogens is 388 g/mol. The summed E-state index contributed by atoms with van der Waals surface area (Å²) in [6, 6.07) is 11.1. The van der Waals surface area contributed by atoms with E-state index in [1.165, 1.54) is 24.3 Å². The molecule has 1 aromatic heterocycles. The molecule has 0 radical (unpaired) electrons. The number of nitrogens with two attached hydrogens (primary N) is 1. The van der Waals surface area contributed by atoms with E-state index in [4.69, 9.17) is 5.73 Å². The van der Waals surface area contributed by atoms with E-state index in [-0.39, 0.29) is 23.7 Å². The van der Waals surface area contributed by atoms with E-state index in [9.17, 15) is 19.7 Å². The van der Waals surface area contributed by atoms with E-state index < -0.39 is 10.8 Å². The van der Waals surface area contributed by atoms with Gasteiger partial charge in [-0.05, 0) is 30.7 Å². The Hall–Kier alpha value is -3.95. The van der Waals surface area contributed by atoms with Gasteiger partial charge in [0, 0.05) is 30.8 Å². The van der Waals surface area contributed by atoms with Crippen molar-refractivity contribution in [2.45, 2.75) is 18.5 Å². The van der Waals surface area contributed by atoms with Gasteiger partial charge in [0.1, 0.15) is 5.52 Å². The van der Waals surface area contributed by atoms with Gasteiger partial charge in [0.05, 0.1) is 28.1 Å². The third kappa shape index (κ3) is 2.76. The number of carbonyl (C=O) groups excluding carboxylic acids is 2. The van der Waals surface area contributed by atoms with Gasteiger partial charge in [-0.25, -0.2) is 4.98 Å². The minimum absolute atomic E-state index is 0.0292. The van der Waals surface area contributed by atoms with E-state index >= 15 is 0 Å². The van der Waals surface area contributed by atoms with Gasteiger partial charge in [-0.15, -0.1) is 0 Å². The fraction of sp³-hybridized carbons (Fsp3) is 0.250. The monoisotopic (exact) mass is 406 g/mol. The summed E-state index contributed by atoms with van der Waals surface area (Å²) in [6.45, 7) is 1.16. The Balaban J connectivity index is 1.35. The molecular formula is C20H18N6O4. The van der Waals surface area contributed by atoms with Gasteiger partial charge in [0.15, 0.2) is 0 Å². The molecule has 10 heteroatoms. The Labute approximate surface area is 170 Å². The van der Waals surface area contributed by atoms with E-state index in [1.807, 2.05) is 11.0 Å². The van der Waals surface area contributed by atoms with Crippen molar-refractivity contribution in [3.05, 3.63) is 63.7 Å². The van der Waals surface area contributed by atoms with Gasteiger partial charge in [0.25, 0.3) is 17.5 Å². The van der Waals surface area contributed by atoms with Crippen LogP contribution < -0.4 is 10.6 Å². The lowest BCUT2D eigenvalue weighted by Crippen LogP contribution is -2.49. The minimum Gasteiger partial charge on any atom is -0.366 e. The molecule has 2 saturated heterocycles. The molecule has 152 valence electrons. The number of likely N-dealkylation sites (tertiary alicyclic amines) is 1. The number of nitro groups is 1. The molecule has 0 aliphatic carbocycles. The number of H-pyrrole nitrogens is 1. The highest BCUT2D eigenvalue weighted by atomic mass is 16.6. The number of hydrogen-bond acceptors (Lipinski definition) is 6. The molecule has 3 N–H and O–H groups in total. The summed E-state index contributed by atoms with van der Waals surface area (Å²) >= 11 is 0. The number of nitrogens with one attached hydrogen (secondary N) is 1. The smallest absolute Gasteiger partial charge is 0.269 e. The van der Waals surface area contributed by atoms with Gasteiger partial charge >= 0.3 is 0 Å². The fourth-order valence-electron chi connectivity index (χ4n) is 4.42. The average molecular weight is 406 g/mol. The molecule has 5 rings (SSSR count). The second kappa shape index (κ2) is 6.55. The number of anilines is 1. The lowest BCUT2D eigenvalue weighted by molar-refractivity contribution is -0.384. The number of hydrogen-bond donors (Lipinski definition) is 2. The van der Waals surface area contributed by atoms with Crippen LogP contribution in [-0.2, 0) is 0 Å². The number of primary amides is 1. The number of carbonyl (C=O) groups is 2. The van der Waals surface area contributed by atoms with Crippen molar-refractivity contribution in [2.75, 3.05) is 18.0 Å². The lowest BCUT2D eigenvalue weighted by atomic mass is 10.1. The number of amides is 2. The van der Waals surface area contributed by atoms with Gasteiger partial charge in [0.2, 0.25) is 5.95 Å². The first-order valence-corrected chi connectivity index (χ1v) is 9.53. The summed E-state index contributed by atoms with van der Waals surface area (Å²) < 4.78 is 0. The van der Waals surface area contributed by atoms with E-state index in [2.05, 4.69) is 14.9 Å². The van der Waals surface area contributed by atoms with Gasteiger partial charge in [-0.1, -0.05) is 6.07 Å². The van der Waals surface area contributed by atoms with Crippen LogP contribution in [0.25, 0.3) is 11.0 Å². The number of fused-ring (bicyclic) bond motifs is 3. The molecule has 2 fully saturated rings. The Morgan fingerprint density at radius 1 is 1.13 bits per heavy atom. The molecule has 2 aliphatic rings. The fourth-order valence-corrected chi connectivity index (χ4v) is 4.42. The van der Waals surface area contributed by atoms with Crippen LogP contribution >= 0.6 is 0 Å². The maximum atomic E-state index is 12.9. The van der Waals surface area contributed by atoms with Crippen molar-refractivity contribution in [3.8, 4) is 0 Å². The van der Waals surface area contributed by atoms with E-state index in [0.717, 1.165) is 11.9 Å². The Kier molecular flexibility index (Phi) is 3.95. The van der Waals surface area contributed by atoms with Crippen LogP contribution in [0.4, 0.5) is 11.6 Å². The minimum atomic E-state index is -0.526. The standard InChI is InChI=1S/C20H18N6O4/c21-18(27)15-2-1-3-16-17(15)23-20(22-16)25-10-13-8-14(25)9-24(13)19(28)11-4-6-12(7-5-11)26(29)30/h1-7,13-14H,8-10H2,(H2,21,27)(H,22,23)/t13-,14-/m0/s1. The molecule has 2 aliphatic heterocycles. The van der Waals surface area contributed by atoms with Crippen LogP contribution in [0.3, 0.4) is 0 Å². The van der Waals surface area contributed by atoms with Crippen LogP contribution in [0.5, 0.6) is 0 Å². The number of aromatic nitrogens is 2. The summed E-state index contributed by atoms with van der Waals surface area (Å²) in [5, 5.41) is 10.8. The van der Waals surface area contributed by atoms with Gasteiger partial charge in [-0.2, -0.15) is 0 Å². The molecule has 0 unspecified atom stereocenters. The molecule has 0 spiro atoms. The highest BCUT2D eigenvalue weighted by molar-refractivity contribution is 6.04. The first-order chi connectivity index (χ1) is 14.4. The van der Waals surface area contributed by atoms with Gasteiger partial charge < -0.3 is 20.5 Å². The number of imidazole rings is 1. The molecule has 30 heavy (non-hydrogen) atoms. The van der Waals surface area contributed by atoms with Crippen molar-refractivity contribution in [3.63, 3.8) is 0 Å². The normalized spacial score (nSPS) is 20.1. The third-order valence-electron chi connectivity index (χ3n) is 5.86. The third-order valence-corrected chi connectivity index (χ3v) is 5.86. The maximum absolute atomic E-state index is 12.9. The van der Waals surface area contributed by atoms with Crippen LogP contribution in [0.2, 0.25) is 0 Å². The number of aromatic amines is 1. The number of nitro benzene ring substituents is 1. The van der Waals surface area contributed by atoms with Crippen molar-refractivity contribution in [1.82, 2.24) is 14.9 Å². The Bertz CT molecular complexity index is 1190. The second-order valence-corrected chi connectivity index (χ2v) is 7.58. The summed E-state index contributed by atoms with van der Waals surface area (Å²) in [5.41, 5.74) is 7.50. The van der Waals surface area contributed by atoms with Crippen LogP contribution in [0.1, 0.15) is 27.1 Å². The predicted octanol–water partition coefficient (Wildman–Crippen LogP) is 1.67. The Morgan fingerprint density at radius 3 is 2.53 bits per heavy atom. The lowest BCUT2D eigenvalue weighted by Gasteiger charge is -2.34. The molecule has 2 bridgehead atoms. The number of non-ortho nitro benzene ring substituents is 1. The Morgan fingerprint density at radius 2 is 1.90 bits per heavy atom. The SMILES string of the molecule is NC(=O)c1cccc2[nH]c(N3C[C@@H]4C[C@H]3CN4C(=O)c3ccc([N+](=O)[O-])cc3)nc12. The molecule has 10 nitrogen and oxygen atoms in total. The zero-order valence-corrected chi connectivity index (χ0v) is 15.8. The molecule has 2 atom stereocenters. The first kappa shape index (κ1) is 18.1. The second-order valence-electron chi connectivity index (χ2n) is 7.58. The van der Waals surface area contributed by atoms with Crippen molar-refractivity contribution < 1.29 is 14.5 Å². The predicted molar refractivity (Wildman–Crippen MR) is 108 cm³/mol. The average Bonchev–Trinajstić information content (AvgIpc) is 3.46. The zero-order valence-electron chi connectivity index (χ0n) is 15.8. The summed E-state index contributed by atoms with van der Waals surface area (Å²) in [6.07, 6.45) is 0.818. The summed E-state index contributed by atoms with van der Waals surface area (Å²) in [5.74, 6) is 0.00719. The molecule has 0 saturated carbocycles. The molecule has 2 amide bonds. The van der Waals surface area contributed by atoms with Crippen LogP contribution in [0, 0.1) is 10.1 Å². The number of benzene rings is 2. The van der Waals surface area contributed by atoms with Gasteiger partial charge in [-0.3, -0.25) is 19.7 Å². The topological polar surface area (TPSA) is 138 Å². The van der Waals surface area contributed by atoms with Crippen LogP contribution in [0.15, 0.2) is 42.5 Å². The maximum Gasteiger partial charge on any atom is 0.269 e.